The molecule has 0 spiro atoms. The molecule has 0 saturated carbocycles. The molecule has 1 aromatic heterocycles. The van der Waals surface area contributed by atoms with Gasteiger partial charge in [0.05, 0.1) is 0 Å². The fourth-order valence-electron chi connectivity index (χ4n) is 2.37. The van der Waals surface area contributed by atoms with E-state index in [1.54, 1.807) is 0 Å². The van der Waals surface area contributed by atoms with Gasteiger partial charge in [-0.2, -0.15) is 0 Å². The first kappa shape index (κ1) is 12.8. The Kier molecular flexibility index (Phi) is 3.79. The topological polar surface area (TPSA) is 66.3 Å². The number of anilines is 1. The van der Waals surface area contributed by atoms with Crippen molar-refractivity contribution < 1.29 is 9.90 Å². The van der Waals surface area contributed by atoms with Gasteiger partial charge in [-0.15, -0.1) is 0 Å². The van der Waals surface area contributed by atoms with Crippen LogP contribution in [0.4, 0.5) is 5.95 Å². The Morgan fingerprint density at radius 2 is 1.78 bits per heavy atom. The molecular weight excluding hydrogens is 230 g/mol. The van der Waals surface area contributed by atoms with E-state index in [2.05, 4.69) is 14.9 Å². The molecule has 5 nitrogen and oxygen atoms in total. The zero-order valence-electron chi connectivity index (χ0n) is 10.9. The van der Waals surface area contributed by atoms with E-state index in [0.29, 0.717) is 6.42 Å². The summed E-state index contributed by atoms with van der Waals surface area (Å²) in [6, 6.07) is 0. The molecule has 1 saturated heterocycles. The molecule has 0 aromatic carbocycles. The number of rotatable bonds is 4. The molecule has 0 unspecified atom stereocenters. The Balaban J connectivity index is 2.20. The van der Waals surface area contributed by atoms with Crippen molar-refractivity contribution in [3.63, 3.8) is 0 Å². The van der Waals surface area contributed by atoms with Gasteiger partial charge in [-0.3, -0.25) is 4.79 Å². The Hall–Kier alpha value is -1.65. The molecule has 98 valence electrons. The van der Waals surface area contributed by atoms with Crippen LogP contribution in [0.3, 0.4) is 0 Å². The Morgan fingerprint density at radius 1 is 1.22 bits per heavy atom. The normalized spacial score (nSPS) is 15.1. The third-order valence-corrected chi connectivity index (χ3v) is 3.39. The first-order valence-corrected chi connectivity index (χ1v) is 6.39. The monoisotopic (exact) mass is 249 g/mol. The van der Waals surface area contributed by atoms with Crippen molar-refractivity contribution in [2.24, 2.45) is 0 Å². The number of nitrogens with zero attached hydrogens (tertiary/aromatic N) is 3. The number of carbonyl (C=O) groups is 1. The highest BCUT2D eigenvalue weighted by Gasteiger charge is 2.17. The van der Waals surface area contributed by atoms with Gasteiger partial charge in [0.25, 0.3) is 0 Å². The van der Waals surface area contributed by atoms with Crippen molar-refractivity contribution in [2.75, 3.05) is 18.0 Å². The van der Waals surface area contributed by atoms with Gasteiger partial charge in [0, 0.05) is 30.9 Å². The predicted octanol–water partition coefficient (Wildman–Crippen LogP) is 1.71. The van der Waals surface area contributed by atoms with Crippen molar-refractivity contribution in [2.45, 2.75) is 39.5 Å². The number of aryl methyl sites for hydroxylation is 2. The lowest BCUT2D eigenvalue weighted by Gasteiger charge is -2.18. The van der Waals surface area contributed by atoms with E-state index in [1.807, 2.05) is 13.8 Å². The van der Waals surface area contributed by atoms with Crippen molar-refractivity contribution in [1.82, 2.24) is 9.97 Å². The Labute approximate surface area is 107 Å². The van der Waals surface area contributed by atoms with E-state index in [9.17, 15) is 4.79 Å². The van der Waals surface area contributed by atoms with Crippen LogP contribution in [0.2, 0.25) is 0 Å². The maximum absolute atomic E-state index is 10.6. The minimum atomic E-state index is -0.780. The number of carboxylic acids is 1. The fraction of sp³-hybridized carbons (Fsp3) is 0.615. The van der Waals surface area contributed by atoms with Crippen LogP contribution in [0.25, 0.3) is 0 Å². The van der Waals surface area contributed by atoms with Crippen LogP contribution in [-0.4, -0.2) is 34.1 Å². The van der Waals surface area contributed by atoms with E-state index in [0.717, 1.165) is 36.0 Å². The second-order valence-corrected chi connectivity index (χ2v) is 4.76. The number of carboxylic acid groups (broad SMARTS) is 1. The van der Waals surface area contributed by atoms with Gasteiger partial charge in [-0.05, 0) is 38.7 Å². The largest absolute Gasteiger partial charge is 0.481 e. The first-order chi connectivity index (χ1) is 8.58. The first-order valence-electron chi connectivity index (χ1n) is 6.39. The van der Waals surface area contributed by atoms with Crippen molar-refractivity contribution in [3.05, 3.63) is 17.0 Å². The van der Waals surface area contributed by atoms with Crippen LogP contribution >= 0.6 is 0 Å². The predicted molar refractivity (Wildman–Crippen MR) is 68.9 cm³/mol. The van der Waals surface area contributed by atoms with E-state index >= 15 is 0 Å². The summed E-state index contributed by atoms with van der Waals surface area (Å²) in [5.74, 6) is 0.0130. The average Bonchev–Trinajstić information content (AvgIpc) is 2.80. The molecule has 2 rings (SSSR count). The average molecular weight is 249 g/mol. The second-order valence-electron chi connectivity index (χ2n) is 4.76. The Morgan fingerprint density at radius 3 is 2.28 bits per heavy atom. The van der Waals surface area contributed by atoms with Crippen LogP contribution in [0, 0.1) is 13.8 Å². The van der Waals surface area contributed by atoms with E-state index in [4.69, 9.17) is 5.11 Å². The SMILES string of the molecule is Cc1nc(N2CCCC2)nc(C)c1CCC(=O)O. The highest BCUT2D eigenvalue weighted by Crippen LogP contribution is 2.20. The van der Waals surface area contributed by atoms with Gasteiger partial charge in [0.15, 0.2) is 0 Å². The van der Waals surface area contributed by atoms with E-state index in [1.165, 1.54) is 12.8 Å². The van der Waals surface area contributed by atoms with Gasteiger partial charge in [0.2, 0.25) is 5.95 Å². The highest BCUT2D eigenvalue weighted by molar-refractivity contribution is 5.67. The smallest absolute Gasteiger partial charge is 0.303 e. The summed E-state index contributed by atoms with van der Waals surface area (Å²) in [5.41, 5.74) is 2.79. The highest BCUT2D eigenvalue weighted by atomic mass is 16.4. The number of aromatic nitrogens is 2. The summed E-state index contributed by atoms with van der Waals surface area (Å²) in [4.78, 5) is 21.8. The van der Waals surface area contributed by atoms with Crippen LogP contribution in [0.5, 0.6) is 0 Å². The molecule has 1 fully saturated rings. The zero-order valence-corrected chi connectivity index (χ0v) is 10.9. The van der Waals surface area contributed by atoms with Crippen LogP contribution in [0.15, 0.2) is 0 Å². The summed E-state index contributed by atoms with van der Waals surface area (Å²) in [6.45, 7) is 5.91. The minimum Gasteiger partial charge on any atom is -0.481 e. The zero-order chi connectivity index (χ0) is 13.1. The molecule has 0 amide bonds. The number of aliphatic carboxylic acids is 1. The van der Waals surface area contributed by atoms with Gasteiger partial charge >= 0.3 is 5.97 Å². The molecule has 18 heavy (non-hydrogen) atoms. The number of hydrogen-bond donors (Lipinski definition) is 1. The van der Waals surface area contributed by atoms with Crippen LogP contribution in [0.1, 0.15) is 36.2 Å². The summed E-state index contributed by atoms with van der Waals surface area (Å²) < 4.78 is 0. The summed E-state index contributed by atoms with van der Waals surface area (Å²) in [5, 5.41) is 8.73. The molecule has 1 N–H and O–H groups in total. The second kappa shape index (κ2) is 5.33. The summed E-state index contributed by atoms with van der Waals surface area (Å²) >= 11 is 0. The molecule has 0 atom stereocenters. The van der Waals surface area contributed by atoms with E-state index in [-0.39, 0.29) is 6.42 Å². The van der Waals surface area contributed by atoms with Crippen LogP contribution < -0.4 is 4.90 Å². The standard InChI is InChI=1S/C13H19N3O2/c1-9-11(5-6-12(17)18)10(2)15-13(14-9)16-7-3-4-8-16/h3-8H2,1-2H3,(H,17,18). The molecule has 1 aliphatic heterocycles. The lowest BCUT2D eigenvalue weighted by Crippen LogP contribution is -2.22. The van der Waals surface area contributed by atoms with Crippen molar-refractivity contribution in [3.8, 4) is 0 Å². The van der Waals surface area contributed by atoms with Gasteiger partial charge in [-0.25, -0.2) is 9.97 Å². The Bertz CT molecular complexity index is 431. The molecule has 1 aromatic rings. The fourth-order valence-corrected chi connectivity index (χ4v) is 2.37. The van der Waals surface area contributed by atoms with Gasteiger partial charge < -0.3 is 10.0 Å². The lowest BCUT2D eigenvalue weighted by molar-refractivity contribution is -0.136. The van der Waals surface area contributed by atoms with Gasteiger partial charge in [-0.1, -0.05) is 0 Å². The van der Waals surface area contributed by atoms with Crippen LogP contribution in [-0.2, 0) is 11.2 Å². The van der Waals surface area contributed by atoms with E-state index < -0.39 is 5.97 Å². The molecule has 1 aliphatic rings. The third kappa shape index (κ3) is 2.78. The summed E-state index contributed by atoms with van der Waals surface area (Å²) in [6.07, 6.45) is 3.03. The molecule has 5 heteroatoms. The summed E-state index contributed by atoms with van der Waals surface area (Å²) in [7, 11) is 0. The molecular formula is C13H19N3O2. The van der Waals surface area contributed by atoms with Crippen molar-refractivity contribution >= 4 is 11.9 Å². The molecule has 0 radical (unpaired) electrons. The minimum absolute atomic E-state index is 0.133. The van der Waals surface area contributed by atoms with Crippen molar-refractivity contribution in [1.29, 1.82) is 0 Å². The lowest BCUT2D eigenvalue weighted by atomic mass is 10.1. The maximum Gasteiger partial charge on any atom is 0.303 e. The molecule has 2 heterocycles. The maximum atomic E-state index is 10.6. The van der Waals surface area contributed by atoms with Gasteiger partial charge in [0.1, 0.15) is 0 Å². The quantitative estimate of drug-likeness (QED) is 0.880. The molecule has 0 aliphatic carbocycles. The third-order valence-electron chi connectivity index (χ3n) is 3.39. The number of hydrogen-bond acceptors (Lipinski definition) is 4. The molecule has 0 bridgehead atoms.